The highest BCUT2D eigenvalue weighted by atomic mass is 16.3. The van der Waals surface area contributed by atoms with Gasteiger partial charge in [-0.15, -0.1) is 0 Å². The van der Waals surface area contributed by atoms with E-state index < -0.39 is 0 Å². The van der Waals surface area contributed by atoms with E-state index in [-0.39, 0.29) is 0 Å². The molecule has 1 saturated heterocycles. The van der Waals surface area contributed by atoms with Crippen molar-refractivity contribution in [3.05, 3.63) is 29.8 Å². The summed E-state index contributed by atoms with van der Waals surface area (Å²) < 4.78 is 0. The van der Waals surface area contributed by atoms with E-state index in [0.29, 0.717) is 11.8 Å². The Hall–Kier alpha value is -1.06. The quantitative estimate of drug-likeness (QED) is 0.861. The fourth-order valence-corrected chi connectivity index (χ4v) is 2.90. The minimum absolute atomic E-state index is 0.296. The summed E-state index contributed by atoms with van der Waals surface area (Å²) >= 11 is 0. The number of hydrogen-bond donors (Lipinski definition) is 2. The van der Waals surface area contributed by atoms with Gasteiger partial charge in [0.15, 0.2) is 0 Å². The van der Waals surface area contributed by atoms with Gasteiger partial charge in [0.2, 0.25) is 0 Å². The first-order valence-corrected chi connectivity index (χ1v) is 6.94. The highest BCUT2D eigenvalue weighted by Gasteiger charge is 2.24. The third kappa shape index (κ3) is 3.03. The molecule has 1 aromatic carbocycles. The van der Waals surface area contributed by atoms with Gasteiger partial charge in [-0.1, -0.05) is 18.2 Å². The molecule has 2 rings (SSSR count). The zero-order valence-electron chi connectivity index (χ0n) is 11.2. The van der Waals surface area contributed by atoms with Crippen LogP contribution in [-0.4, -0.2) is 29.6 Å². The van der Waals surface area contributed by atoms with Crippen molar-refractivity contribution in [2.45, 2.75) is 32.2 Å². The Kier molecular flexibility index (Phi) is 4.61. The van der Waals surface area contributed by atoms with E-state index in [0.717, 1.165) is 37.5 Å². The molecular weight excluding hydrogens is 224 g/mol. The summed E-state index contributed by atoms with van der Waals surface area (Å²) in [5, 5.41) is 9.90. The van der Waals surface area contributed by atoms with E-state index in [9.17, 15) is 5.11 Å². The van der Waals surface area contributed by atoms with Crippen molar-refractivity contribution < 1.29 is 5.11 Å². The van der Waals surface area contributed by atoms with E-state index in [1.54, 1.807) is 6.07 Å². The third-order valence-electron chi connectivity index (χ3n) is 4.16. The zero-order valence-corrected chi connectivity index (χ0v) is 11.2. The normalized spacial score (nSPS) is 19.9. The van der Waals surface area contributed by atoms with Gasteiger partial charge in [0.05, 0.1) is 0 Å². The van der Waals surface area contributed by atoms with Crippen LogP contribution in [0.4, 0.5) is 0 Å². The summed E-state index contributed by atoms with van der Waals surface area (Å²) in [6.07, 6.45) is 3.61. The number of nitrogens with two attached hydrogens (primary N) is 1. The molecule has 1 aromatic rings. The van der Waals surface area contributed by atoms with Crippen LogP contribution in [0.1, 0.15) is 37.8 Å². The van der Waals surface area contributed by atoms with Crippen LogP contribution >= 0.6 is 0 Å². The number of nitrogens with zero attached hydrogens (tertiary/aromatic N) is 1. The molecule has 3 N–H and O–H groups in total. The molecule has 0 saturated carbocycles. The first-order valence-electron chi connectivity index (χ1n) is 6.94. The van der Waals surface area contributed by atoms with Crippen molar-refractivity contribution in [3.63, 3.8) is 0 Å². The lowest BCUT2D eigenvalue weighted by atomic mass is 9.92. The Morgan fingerprint density at radius 2 is 2.00 bits per heavy atom. The van der Waals surface area contributed by atoms with Gasteiger partial charge in [0, 0.05) is 11.6 Å². The number of rotatable bonds is 4. The van der Waals surface area contributed by atoms with E-state index >= 15 is 0 Å². The van der Waals surface area contributed by atoms with Gasteiger partial charge in [0.1, 0.15) is 5.75 Å². The van der Waals surface area contributed by atoms with Crippen molar-refractivity contribution in [1.29, 1.82) is 0 Å². The molecule has 100 valence electrons. The van der Waals surface area contributed by atoms with Crippen LogP contribution in [0.5, 0.6) is 5.75 Å². The predicted octanol–water partition coefficient (Wildman–Crippen LogP) is 2.51. The first kappa shape index (κ1) is 13.4. The van der Waals surface area contributed by atoms with Crippen molar-refractivity contribution in [2.24, 2.45) is 11.7 Å². The SMILES string of the molecule is CC(c1ccccc1O)N1CCC(CCN)CC1. The van der Waals surface area contributed by atoms with Gasteiger partial charge in [-0.05, 0) is 57.8 Å². The summed E-state index contributed by atoms with van der Waals surface area (Å²) in [4.78, 5) is 2.46. The maximum absolute atomic E-state index is 9.90. The van der Waals surface area contributed by atoms with Crippen LogP contribution < -0.4 is 5.73 Å². The van der Waals surface area contributed by atoms with Crippen molar-refractivity contribution in [3.8, 4) is 5.75 Å². The van der Waals surface area contributed by atoms with Gasteiger partial charge < -0.3 is 10.8 Å². The smallest absolute Gasteiger partial charge is 0.120 e. The average Bonchev–Trinajstić information content (AvgIpc) is 2.40. The van der Waals surface area contributed by atoms with E-state index in [1.807, 2.05) is 18.2 Å². The number of aromatic hydroxyl groups is 1. The third-order valence-corrected chi connectivity index (χ3v) is 4.16. The molecular formula is C15H24N2O. The number of benzene rings is 1. The molecule has 0 spiro atoms. The summed E-state index contributed by atoms with van der Waals surface area (Å²) in [5.74, 6) is 1.21. The largest absolute Gasteiger partial charge is 0.508 e. The molecule has 1 aliphatic heterocycles. The monoisotopic (exact) mass is 248 g/mol. The van der Waals surface area contributed by atoms with Crippen LogP contribution in [0.25, 0.3) is 0 Å². The topological polar surface area (TPSA) is 49.5 Å². The van der Waals surface area contributed by atoms with Crippen LogP contribution in [-0.2, 0) is 0 Å². The van der Waals surface area contributed by atoms with E-state index in [1.165, 1.54) is 12.8 Å². The Morgan fingerprint density at radius 1 is 1.33 bits per heavy atom. The molecule has 0 aromatic heterocycles. The fourth-order valence-electron chi connectivity index (χ4n) is 2.90. The van der Waals surface area contributed by atoms with Crippen LogP contribution in [0.15, 0.2) is 24.3 Å². The molecule has 3 heteroatoms. The maximum Gasteiger partial charge on any atom is 0.120 e. The van der Waals surface area contributed by atoms with Gasteiger partial charge in [-0.3, -0.25) is 4.90 Å². The van der Waals surface area contributed by atoms with Crippen LogP contribution in [0, 0.1) is 5.92 Å². The molecule has 0 radical (unpaired) electrons. The molecule has 1 fully saturated rings. The molecule has 0 aliphatic carbocycles. The highest BCUT2D eigenvalue weighted by Crippen LogP contribution is 2.31. The second-order valence-electron chi connectivity index (χ2n) is 5.29. The van der Waals surface area contributed by atoms with Crippen molar-refractivity contribution in [2.75, 3.05) is 19.6 Å². The number of para-hydroxylation sites is 1. The van der Waals surface area contributed by atoms with Crippen LogP contribution in [0.3, 0.4) is 0 Å². The lowest BCUT2D eigenvalue weighted by Crippen LogP contribution is -2.36. The molecule has 1 atom stereocenters. The van der Waals surface area contributed by atoms with E-state index in [2.05, 4.69) is 11.8 Å². The van der Waals surface area contributed by atoms with Crippen molar-refractivity contribution >= 4 is 0 Å². The predicted molar refractivity (Wildman–Crippen MR) is 74.5 cm³/mol. The molecule has 1 unspecified atom stereocenters. The molecule has 18 heavy (non-hydrogen) atoms. The Labute approximate surface area is 110 Å². The molecule has 3 nitrogen and oxygen atoms in total. The standard InChI is InChI=1S/C15H24N2O/c1-12(14-4-2-3-5-15(14)18)17-10-7-13(6-9-16)8-11-17/h2-5,12-13,18H,6-11,16H2,1H3. The number of phenols is 1. The molecule has 1 heterocycles. The lowest BCUT2D eigenvalue weighted by molar-refractivity contribution is 0.137. The average molecular weight is 248 g/mol. The second-order valence-corrected chi connectivity index (χ2v) is 5.29. The number of piperidine rings is 1. The van der Waals surface area contributed by atoms with Gasteiger partial charge in [0.25, 0.3) is 0 Å². The molecule has 1 aliphatic rings. The summed E-state index contributed by atoms with van der Waals surface area (Å²) in [5.41, 5.74) is 6.65. The number of phenolic OH excluding ortho intramolecular Hbond substituents is 1. The maximum atomic E-state index is 9.90. The van der Waals surface area contributed by atoms with E-state index in [4.69, 9.17) is 5.73 Å². The zero-order chi connectivity index (χ0) is 13.0. The van der Waals surface area contributed by atoms with Gasteiger partial charge >= 0.3 is 0 Å². The van der Waals surface area contributed by atoms with Crippen molar-refractivity contribution in [1.82, 2.24) is 4.90 Å². The minimum Gasteiger partial charge on any atom is -0.508 e. The first-order chi connectivity index (χ1) is 8.72. The second kappa shape index (κ2) is 6.21. The van der Waals surface area contributed by atoms with Gasteiger partial charge in [-0.25, -0.2) is 0 Å². The number of hydrogen-bond acceptors (Lipinski definition) is 3. The Balaban J connectivity index is 1.95. The summed E-state index contributed by atoms with van der Waals surface area (Å²) in [6.45, 7) is 5.21. The summed E-state index contributed by atoms with van der Waals surface area (Å²) in [7, 11) is 0. The highest BCUT2D eigenvalue weighted by molar-refractivity contribution is 5.34. The summed E-state index contributed by atoms with van der Waals surface area (Å²) in [6, 6.07) is 7.95. The molecule has 0 bridgehead atoms. The lowest BCUT2D eigenvalue weighted by Gasteiger charge is -2.36. The Morgan fingerprint density at radius 3 is 2.61 bits per heavy atom. The molecule has 0 amide bonds. The fraction of sp³-hybridized carbons (Fsp3) is 0.600. The van der Waals surface area contributed by atoms with Crippen LogP contribution in [0.2, 0.25) is 0 Å². The minimum atomic E-state index is 0.296. The number of likely N-dealkylation sites (tertiary alicyclic amines) is 1. The Bertz CT molecular complexity index is 373. The van der Waals surface area contributed by atoms with Gasteiger partial charge in [-0.2, -0.15) is 0 Å².